The Balaban J connectivity index is 1.74. The molecule has 1 aliphatic heterocycles. The molecule has 1 aliphatic carbocycles. The SMILES string of the molecule is CCOc1ccnc(N2CC3CCCC(N)C3C2)n1. The van der Waals surface area contributed by atoms with E-state index in [1.54, 1.807) is 6.20 Å². The summed E-state index contributed by atoms with van der Waals surface area (Å²) in [6, 6.07) is 2.15. The molecule has 1 saturated heterocycles. The van der Waals surface area contributed by atoms with Gasteiger partial charge in [0.25, 0.3) is 0 Å². The molecule has 5 heteroatoms. The summed E-state index contributed by atoms with van der Waals surface area (Å²) >= 11 is 0. The van der Waals surface area contributed by atoms with Crippen LogP contribution in [0.4, 0.5) is 5.95 Å². The molecule has 3 rings (SSSR count). The second-order valence-corrected chi connectivity index (χ2v) is 5.55. The molecule has 1 aromatic heterocycles. The van der Waals surface area contributed by atoms with Gasteiger partial charge in [-0.05, 0) is 31.6 Å². The second kappa shape index (κ2) is 5.33. The highest BCUT2D eigenvalue weighted by molar-refractivity contribution is 5.34. The van der Waals surface area contributed by atoms with E-state index in [1.165, 1.54) is 12.8 Å². The van der Waals surface area contributed by atoms with Crippen molar-refractivity contribution >= 4 is 5.95 Å². The molecule has 19 heavy (non-hydrogen) atoms. The van der Waals surface area contributed by atoms with Gasteiger partial charge >= 0.3 is 0 Å². The lowest BCUT2D eigenvalue weighted by Crippen LogP contribution is -2.38. The van der Waals surface area contributed by atoms with Gasteiger partial charge in [-0.2, -0.15) is 4.98 Å². The lowest BCUT2D eigenvalue weighted by atomic mass is 9.78. The lowest BCUT2D eigenvalue weighted by molar-refractivity contribution is 0.260. The molecule has 2 aliphatic rings. The van der Waals surface area contributed by atoms with Gasteiger partial charge in [-0.25, -0.2) is 4.98 Å². The Bertz CT molecular complexity index is 439. The van der Waals surface area contributed by atoms with Crippen LogP contribution in [0.25, 0.3) is 0 Å². The largest absolute Gasteiger partial charge is 0.478 e. The van der Waals surface area contributed by atoms with Crippen molar-refractivity contribution in [2.24, 2.45) is 17.6 Å². The van der Waals surface area contributed by atoms with Crippen molar-refractivity contribution in [1.82, 2.24) is 9.97 Å². The molecule has 1 aromatic rings. The molecule has 1 saturated carbocycles. The Morgan fingerprint density at radius 3 is 3.11 bits per heavy atom. The summed E-state index contributed by atoms with van der Waals surface area (Å²) in [7, 11) is 0. The Morgan fingerprint density at radius 1 is 1.42 bits per heavy atom. The Hall–Kier alpha value is -1.36. The quantitative estimate of drug-likeness (QED) is 0.893. The van der Waals surface area contributed by atoms with Gasteiger partial charge in [-0.15, -0.1) is 0 Å². The van der Waals surface area contributed by atoms with Gasteiger partial charge in [0.05, 0.1) is 6.61 Å². The monoisotopic (exact) mass is 262 g/mol. The Kier molecular flexibility index (Phi) is 3.55. The van der Waals surface area contributed by atoms with Crippen LogP contribution in [0.2, 0.25) is 0 Å². The minimum absolute atomic E-state index is 0.346. The van der Waals surface area contributed by atoms with Crippen molar-refractivity contribution < 1.29 is 4.74 Å². The van der Waals surface area contributed by atoms with E-state index in [2.05, 4.69) is 14.9 Å². The van der Waals surface area contributed by atoms with E-state index in [9.17, 15) is 0 Å². The highest BCUT2D eigenvalue weighted by Crippen LogP contribution is 2.36. The van der Waals surface area contributed by atoms with Gasteiger partial charge in [0.1, 0.15) is 0 Å². The fourth-order valence-electron chi connectivity index (χ4n) is 3.39. The highest BCUT2D eigenvalue weighted by atomic mass is 16.5. The summed E-state index contributed by atoms with van der Waals surface area (Å²) in [4.78, 5) is 11.1. The molecule has 0 radical (unpaired) electrons. The molecule has 0 bridgehead atoms. The highest BCUT2D eigenvalue weighted by Gasteiger charge is 2.39. The molecular weight excluding hydrogens is 240 g/mol. The third-order valence-corrected chi connectivity index (χ3v) is 4.35. The fourth-order valence-corrected chi connectivity index (χ4v) is 3.39. The van der Waals surface area contributed by atoms with E-state index in [4.69, 9.17) is 10.5 Å². The molecule has 0 amide bonds. The maximum atomic E-state index is 6.25. The van der Waals surface area contributed by atoms with Crippen LogP contribution in [0.15, 0.2) is 12.3 Å². The molecule has 0 spiro atoms. The Morgan fingerprint density at radius 2 is 2.32 bits per heavy atom. The predicted octanol–water partition coefficient (Wildman–Crippen LogP) is 1.44. The van der Waals surface area contributed by atoms with Gasteiger partial charge in [0, 0.05) is 31.4 Å². The third kappa shape index (κ3) is 2.52. The van der Waals surface area contributed by atoms with Crippen molar-refractivity contribution in [1.29, 1.82) is 0 Å². The van der Waals surface area contributed by atoms with E-state index in [-0.39, 0.29) is 0 Å². The van der Waals surface area contributed by atoms with E-state index in [0.717, 1.165) is 25.5 Å². The van der Waals surface area contributed by atoms with Crippen LogP contribution < -0.4 is 15.4 Å². The van der Waals surface area contributed by atoms with Crippen LogP contribution >= 0.6 is 0 Å². The first kappa shape index (κ1) is 12.7. The second-order valence-electron chi connectivity index (χ2n) is 5.55. The van der Waals surface area contributed by atoms with Gasteiger partial charge in [-0.3, -0.25) is 0 Å². The molecule has 104 valence electrons. The number of fused-ring (bicyclic) bond motifs is 1. The van der Waals surface area contributed by atoms with E-state index in [1.807, 2.05) is 13.0 Å². The zero-order valence-electron chi connectivity index (χ0n) is 11.5. The summed E-state index contributed by atoms with van der Waals surface area (Å²) in [6.45, 7) is 4.62. The van der Waals surface area contributed by atoms with Crippen LogP contribution in [-0.2, 0) is 0 Å². The number of nitrogens with zero attached hydrogens (tertiary/aromatic N) is 3. The number of anilines is 1. The van der Waals surface area contributed by atoms with Crippen LogP contribution in [0.5, 0.6) is 5.88 Å². The van der Waals surface area contributed by atoms with Gasteiger partial charge in [0.2, 0.25) is 11.8 Å². The van der Waals surface area contributed by atoms with Crippen LogP contribution in [-0.4, -0.2) is 35.7 Å². The van der Waals surface area contributed by atoms with Crippen molar-refractivity contribution in [3.63, 3.8) is 0 Å². The van der Waals surface area contributed by atoms with Gasteiger partial charge in [0.15, 0.2) is 0 Å². The first-order valence-corrected chi connectivity index (χ1v) is 7.24. The number of rotatable bonds is 3. The van der Waals surface area contributed by atoms with E-state index < -0.39 is 0 Å². The van der Waals surface area contributed by atoms with Crippen LogP contribution in [0, 0.1) is 11.8 Å². The average Bonchev–Trinajstić information content (AvgIpc) is 2.85. The maximum absolute atomic E-state index is 6.25. The van der Waals surface area contributed by atoms with Gasteiger partial charge < -0.3 is 15.4 Å². The zero-order chi connectivity index (χ0) is 13.2. The topological polar surface area (TPSA) is 64.3 Å². The van der Waals surface area contributed by atoms with Crippen molar-refractivity contribution in [2.75, 3.05) is 24.6 Å². The molecule has 3 atom stereocenters. The van der Waals surface area contributed by atoms with Gasteiger partial charge in [-0.1, -0.05) is 6.42 Å². The summed E-state index contributed by atoms with van der Waals surface area (Å²) in [5.74, 6) is 2.76. The van der Waals surface area contributed by atoms with Crippen molar-refractivity contribution in [3.05, 3.63) is 12.3 Å². The number of ether oxygens (including phenoxy) is 1. The molecule has 5 nitrogen and oxygen atoms in total. The lowest BCUT2D eigenvalue weighted by Gasteiger charge is -2.29. The number of hydrogen-bond donors (Lipinski definition) is 1. The first-order chi connectivity index (χ1) is 9.28. The summed E-state index contributed by atoms with van der Waals surface area (Å²) in [5, 5.41) is 0. The minimum atomic E-state index is 0.346. The first-order valence-electron chi connectivity index (χ1n) is 7.24. The summed E-state index contributed by atoms with van der Waals surface area (Å²) in [6.07, 6.45) is 5.49. The molecule has 2 fully saturated rings. The van der Waals surface area contributed by atoms with Crippen molar-refractivity contribution in [2.45, 2.75) is 32.2 Å². The van der Waals surface area contributed by atoms with Crippen molar-refractivity contribution in [3.8, 4) is 5.88 Å². The number of nitrogens with two attached hydrogens (primary N) is 1. The average molecular weight is 262 g/mol. The normalized spacial score (nSPS) is 30.2. The minimum Gasteiger partial charge on any atom is -0.478 e. The fraction of sp³-hybridized carbons (Fsp3) is 0.714. The zero-order valence-corrected chi connectivity index (χ0v) is 11.5. The predicted molar refractivity (Wildman–Crippen MR) is 74.2 cm³/mol. The standard InChI is InChI=1S/C14H22N4O/c1-2-19-13-6-7-16-14(17-13)18-8-10-4-3-5-12(15)11(10)9-18/h6-7,10-12H,2-5,8-9,15H2,1H3. The smallest absolute Gasteiger partial charge is 0.228 e. The molecule has 2 N–H and O–H groups in total. The summed E-state index contributed by atoms with van der Waals surface area (Å²) in [5.41, 5.74) is 6.25. The van der Waals surface area contributed by atoms with Crippen LogP contribution in [0.3, 0.4) is 0 Å². The molecule has 0 aromatic carbocycles. The summed E-state index contributed by atoms with van der Waals surface area (Å²) < 4.78 is 5.44. The van der Waals surface area contributed by atoms with E-state index in [0.29, 0.717) is 30.4 Å². The molecular formula is C14H22N4O. The van der Waals surface area contributed by atoms with E-state index >= 15 is 0 Å². The molecule has 3 unspecified atom stereocenters. The molecule has 2 heterocycles. The number of hydrogen-bond acceptors (Lipinski definition) is 5. The number of aromatic nitrogens is 2. The maximum Gasteiger partial charge on any atom is 0.228 e. The van der Waals surface area contributed by atoms with Crippen LogP contribution in [0.1, 0.15) is 26.2 Å². The third-order valence-electron chi connectivity index (χ3n) is 4.35. The Labute approximate surface area is 114 Å².